The van der Waals surface area contributed by atoms with Crippen LogP contribution in [0.4, 0.5) is 5.69 Å². The maximum atomic E-state index is 12.6. The van der Waals surface area contributed by atoms with E-state index in [-0.39, 0.29) is 11.4 Å². The minimum Gasteiger partial charge on any atom is -0.467 e. The first-order valence-corrected chi connectivity index (χ1v) is 10.6. The van der Waals surface area contributed by atoms with Crippen LogP contribution < -0.4 is 10.6 Å². The molecule has 0 radical (unpaired) electrons. The first-order valence-electron chi connectivity index (χ1n) is 10.2. The molecule has 28 heavy (non-hydrogen) atoms. The number of carbonyl (C=O) groups is 1. The Kier molecular flexibility index (Phi) is 5.67. The number of piperidine rings is 1. The summed E-state index contributed by atoms with van der Waals surface area (Å²) in [6.07, 6.45) is 9.46. The lowest BCUT2D eigenvalue weighted by molar-refractivity contribution is 0.0724. The Hall–Kier alpha value is -2.34. The predicted molar refractivity (Wildman–Crippen MR) is 114 cm³/mol. The molecule has 2 aromatic rings. The summed E-state index contributed by atoms with van der Waals surface area (Å²) in [7, 11) is 0. The van der Waals surface area contributed by atoms with Gasteiger partial charge in [0.2, 0.25) is 0 Å². The molecule has 1 saturated carbocycles. The summed E-state index contributed by atoms with van der Waals surface area (Å²) in [5, 5.41) is 7.32. The van der Waals surface area contributed by atoms with Gasteiger partial charge in [-0.3, -0.25) is 4.79 Å². The Morgan fingerprint density at radius 2 is 1.71 bits per heavy atom. The highest BCUT2D eigenvalue weighted by Gasteiger charge is 2.38. The van der Waals surface area contributed by atoms with Crippen LogP contribution in [0, 0.1) is 0 Å². The molecule has 1 aliphatic heterocycles. The third kappa shape index (κ3) is 4.07. The van der Waals surface area contributed by atoms with E-state index in [4.69, 9.17) is 16.6 Å². The Balaban J connectivity index is 1.38. The van der Waals surface area contributed by atoms with E-state index in [0.717, 1.165) is 68.6 Å². The Bertz CT molecular complexity index is 805. The van der Waals surface area contributed by atoms with Gasteiger partial charge in [0.1, 0.15) is 5.76 Å². The van der Waals surface area contributed by atoms with Crippen molar-refractivity contribution in [1.82, 2.24) is 10.2 Å². The van der Waals surface area contributed by atoms with E-state index >= 15 is 0 Å². The van der Waals surface area contributed by atoms with Crippen molar-refractivity contribution in [3.8, 4) is 0 Å². The lowest BCUT2D eigenvalue weighted by atomic mass is 9.94. The molecule has 2 fully saturated rings. The largest absolute Gasteiger partial charge is 0.467 e. The van der Waals surface area contributed by atoms with E-state index < -0.39 is 0 Å². The molecule has 5 nitrogen and oxygen atoms in total. The van der Waals surface area contributed by atoms with Gasteiger partial charge in [0.05, 0.1) is 11.8 Å². The zero-order valence-electron chi connectivity index (χ0n) is 16.1. The van der Waals surface area contributed by atoms with Crippen LogP contribution in [0.3, 0.4) is 0 Å². The SMILES string of the molecule is O=C(c1ccc(NC(=S)NC2(c3ccco3)CCCC2)cc1)N1CCCCC1. The number of nitrogens with one attached hydrogen (secondary N) is 2. The zero-order chi connectivity index (χ0) is 19.4. The molecule has 1 aromatic carbocycles. The number of carbonyl (C=O) groups excluding carboxylic acids is 1. The van der Waals surface area contributed by atoms with E-state index in [0.29, 0.717) is 5.11 Å². The van der Waals surface area contributed by atoms with Crippen LogP contribution in [0.1, 0.15) is 61.1 Å². The summed E-state index contributed by atoms with van der Waals surface area (Å²) in [5.41, 5.74) is 1.38. The van der Waals surface area contributed by atoms with Gasteiger partial charge in [-0.25, -0.2) is 0 Å². The molecule has 0 unspecified atom stereocenters. The first-order chi connectivity index (χ1) is 13.7. The van der Waals surface area contributed by atoms with Crippen LogP contribution in [0.15, 0.2) is 47.1 Å². The minimum absolute atomic E-state index is 0.120. The third-order valence-electron chi connectivity index (χ3n) is 5.84. The Morgan fingerprint density at radius 3 is 2.36 bits per heavy atom. The molecule has 1 aromatic heterocycles. The van der Waals surface area contributed by atoms with Crippen molar-refractivity contribution < 1.29 is 9.21 Å². The minimum atomic E-state index is -0.224. The van der Waals surface area contributed by atoms with Gasteiger partial charge in [-0.05, 0) is 80.7 Å². The van der Waals surface area contributed by atoms with Crippen LogP contribution >= 0.6 is 12.2 Å². The summed E-state index contributed by atoms with van der Waals surface area (Å²) < 4.78 is 5.68. The molecule has 1 aliphatic carbocycles. The van der Waals surface area contributed by atoms with Crippen LogP contribution in [-0.2, 0) is 5.54 Å². The fourth-order valence-electron chi connectivity index (χ4n) is 4.32. The molecule has 0 spiro atoms. The summed E-state index contributed by atoms with van der Waals surface area (Å²) in [4.78, 5) is 14.5. The van der Waals surface area contributed by atoms with E-state index in [2.05, 4.69) is 10.6 Å². The topological polar surface area (TPSA) is 57.5 Å². The van der Waals surface area contributed by atoms with E-state index in [1.165, 1.54) is 6.42 Å². The van der Waals surface area contributed by atoms with Crippen molar-refractivity contribution in [1.29, 1.82) is 0 Å². The normalized spacial score (nSPS) is 18.6. The number of amides is 1. The van der Waals surface area contributed by atoms with Crippen molar-refractivity contribution in [3.05, 3.63) is 54.0 Å². The third-order valence-corrected chi connectivity index (χ3v) is 6.04. The van der Waals surface area contributed by atoms with Gasteiger partial charge in [-0.1, -0.05) is 12.8 Å². The first kappa shape index (κ1) is 19.0. The second-order valence-electron chi connectivity index (χ2n) is 7.78. The number of benzene rings is 1. The molecule has 148 valence electrons. The van der Waals surface area contributed by atoms with Gasteiger partial charge < -0.3 is 20.0 Å². The van der Waals surface area contributed by atoms with Gasteiger partial charge in [-0.15, -0.1) is 0 Å². The monoisotopic (exact) mass is 397 g/mol. The molecular weight excluding hydrogens is 370 g/mol. The molecule has 6 heteroatoms. The number of furan rings is 1. The lowest BCUT2D eigenvalue weighted by Crippen LogP contribution is -2.45. The molecule has 0 atom stereocenters. The van der Waals surface area contributed by atoms with Crippen LogP contribution in [-0.4, -0.2) is 29.0 Å². The highest BCUT2D eigenvalue weighted by atomic mass is 32.1. The van der Waals surface area contributed by atoms with Crippen LogP contribution in [0.5, 0.6) is 0 Å². The van der Waals surface area contributed by atoms with Gasteiger partial charge >= 0.3 is 0 Å². The number of hydrogen-bond donors (Lipinski definition) is 2. The maximum Gasteiger partial charge on any atom is 0.253 e. The van der Waals surface area contributed by atoms with E-state index in [1.54, 1.807) is 6.26 Å². The number of likely N-dealkylation sites (tertiary alicyclic amines) is 1. The summed E-state index contributed by atoms with van der Waals surface area (Å²) in [6.45, 7) is 1.73. The van der Waals surface area contributed by atoms with Gasteiger partial charge in [0, 0.05) is 24.3 Å². The van der Waals surface area contributed by atoms with Gasteiger partial charge in [0.25, 0.3) is 5.91 Å². The molecule has 0 bridgehead atoms. The second-order valence-corrected chi connectivity index (χ2v) is 8.18. The maximum absolute atomic E-state index is 12.6. The molecule has 1 saturated heterocycles. The number of nitrogens with zero attached hydrogens (tertiary/aromatic N) is 1. The van der Waals surface area contributed by atoms with Crippen molar-refractivity contribution >= 4 is 28.9 Å². The number of hydrogen-bond acceptors (Lipinski definition) is 3. The van der Waals surface area contributed by atoms with E-state index in [1.807, 2.05) is 41.3 Å². The molecule has 2 heterocycles. The summed E-state index contributed by atoms with van der Waals surface area (Å²) in [5.74, 6) is 1.06. The molecular formula is C22H27N3O2S. The fraction of sp³-hybridized carbons (Fsp3) is 0.455. The Labute approximate surface area is 171 Å². The molecule has 1 amide bonds. The quantitative estimate of drug-likeness (QED) is 0.735. The molecule has 2 N–H and O–H groups in total. The van der Waals surface area contributed by atoms with Crippen LogP contribution in [0.2, 0.25) is 0 Å². The lowest BCUT2D eigenvalue weighted by Gasteiger charge is -2.30. The predicted octanol–water partition coefficient (Wildman–Crippen LogP) is 4.66. The number of anilines is 1. The van der Waals surface area contributed by atoms with Crippen molar-refractivity contribution in [2.45, 2.75) is 50.5 Å². The van der Waals surface area contributed by atoms with Gasteiger partial charge in [-0.2, -0.15) is 0 Å². The fourth-order valence-corrected chi connectivity index (χ4v) is 4.63. The van der Waals surface area contributed by atoms with Crippen molar-refractivity contribution in [2.75, 3.05) is 18.4 Å². The van der Waals surface area contributed by atoms with E-state index in [9.17, 15) is 4.79 Å². The highest BCUT2D eigenvalue weighted by molar-refractivity contribution is 7.80. The average Bonchev–Trinajstić information content (AvgIpc) is 3.41. The van der Waals surface area contributed by atoms with Crippen molar-refractivity contribution in [3.63, 3.8) is 0 Å². The molecule has 4 rings (SSSR count). The summed E-state index contributed by atoms with van der Waals surface area (Å²) in [6, 6.07) is 11.5. The Morgan fingerprint density at radius 1 is 1.00 bits per heavy atom. The highest BCUT2D eigenvalue weighted by Crippen LogP contribution is 2.39. The standard InChI is InChI=1S/C22H27N3O2S/c26-20(25-14-4-1-5-15-25)17-8-10-18(11-9-17)23-21(28)24-22(12-2-3-13-22)19-7-6-16-27-19/h6-11,16H,1-5,12-15H2,(H2,23,24,28). The van der Waals surface area contributed by atoms with Crippen LogP contribution in [0.25, 0.3) is 0 Å². The summed E-state index contributed by atoms with van der Waals surface area (Å²) >= 11 is 5.57. The zero-order valence-corrected chi connectivity index (χ0v) is 16.9. The smallest absolute Gasteiger partial charge is 0.253 e. The van der Waals surface area contributed by atoms with Crippen molar-refractivity contribution in [2.24, 2.45) is 0 Å². The second kappa shape index (κ2) is 8.35. The average molecular weight is 398 g/mol. The van der Waals surface area contributed by atoms with Gasteiger partial charge in [0.15, 0.2) is 5.11 Å². The number of thiocarbonyl (C=S) groups is 1. The number of rotatable bonds is 4. The molecule has 2 aliphatic rings.